The zero-order valence-corrected chi connectivity index (χ0v) is 13.3. The van der Waals surface area contributed by atoms with Crippen molar-refractivity contribution in [1.29, 1.82) is 0 Å². The SMILES string of the molecule is COC(=O)C1CC1CCc1ccc(C)c(C(C)(C)C)c1. The Hall–Kier alpha value is -1.31. The van der Waals surface area contributed by atoms with Crippen molar-refractivity contribution in [1.82, 2.24) is 0 Å². The van der Waals surface area contributed by atoms with Crippen LogP contribution in [0.4, 0.5) is 0 Å². The molecular weight excluding hydrogens is 248 g/mol. The van der Waals surface area contributed by atoms with E-state index in [-0.39, 0.29) is 17.3 Å². The number of aryl methyl sites for hydroxylation is 2. The maximum Gasteiger partial charge on any atom is 0.308 e. The normalized spacial score (nSPS) is 21.6. The summed E-state index contributed by atoms with van der Waals surface area (Å²) in [5, 5.41) is 0. The molecule has 0 heterocycles. The van der Waals surface area contributed by atoms with Gasteiger partial charge in [0.2, 0.25) is 0 Å². The second kappa shape index (κ2) is 5.59. The lowest BCUT2D eigenvalue weighted by atomic mass is 9.83. The second-order valence-corrected chi connectivity index (χ2v) is 7.06. The van der Waals surface area contributed by atoms with Gasteiger partial charge in [0.15, 0.2) is 0 Å². The Balaban J connectivity index is 1.96. The minimum atomic E-state index is -0.0331. The van der Waals surface area contributed by atoms with Gasteiger partial charge in [0.25, 0.3) is 0 Å². The van der Waals surface area contributed by atoms with Crippen molar-refractivity contribution in [2.45, 2.75) is 52.4 Å². The molecule has 2 unspecified atom stereocenters. The van der Waals surface area contributed by atoms with Crippen LogP contribution in [0.1, 0.15) is 50.3 Å². The fourth-order valence-corrected chi connectivity index (χ4v) is 2.99. The number of methoxy groups -OCH3 is 1. The van der Waals surface area contributed by atoms with Crippen LogP contribution < -0.4 is 0 Å². The number of rotatable bonds is 4. The number of hydrogen-bond donors (Lipinski definition) is 0. The summed E-state index contributed by atoms with van der Waals surface area (Å²) in [4.78, 5) is 11.4. The Morgan fingerprint density at radius 1 is 1.35 bits per heavy atom. The zero-order valence-electron chi connectivity index (χ0n) is 13.3. The van der Waals surface area contributed by atoms with E-state index in [1.54, 1.807) is 0 Å². The van der Waals surface area contributed by atoms with E-state index in [2.05, 4.69) is 45.9 Å². The Morgan fingerprint density at radius 2 is 2.05 bits per heavy atom. The van der Waals surface area contributed by atoms with Crippen LogP contribution >= 0.6 is 0 Å². The van der Waals surface area contributed by atoms with Gasteiger partial charge in [-0.05, 0) is 54.2 Å². The fraction of sp³-hybridized carbons (Fsp3) is 0.611. The molecule has 20 heavy (non-hydrogen) atoms. The number of carbonyl (C=O) groups excluding carboxylic acids is 1. The summed E-state index contributed by atoms with van der Waals surface area (Å²) in [6, 6.07) is 6.78. The van der Waals surface area contributed by atoms with Gasteiger partial charge in [-0.3, -0.25) is 4.79 Å². The number of hydrogen-bond acceptors (Lipinski definition) is 2. The van der Waals surface area contributed by atoms with Gasteiger partial charge in [0, 0.05) is 0 Å². The van der Waals surface area contributed by atoms with Crippen LogP contribution in [0, 0.1) is 18.8 Å². The largest absolute Gasteiger partial charge is 0.469 e. The third kappa shape index (κ3) is 3.41. The van der Waals surface area contributed by atoms with Gasteiger partial charge < -0.3 is 4.74 Å². The number of esters is 1. The molecule has 1 aliphatic rings. The molecule has 0 spiro atoms. The predicted molar refractivity (Wildman–Crippen MR) is 81.8 cm³/mol. The maximum atomic E-state index is 11.4. The molecule has 1 aromatic carbocycles. The average molecular weight is 274 g/mol. The Morgan fingerprint density at radius 3 is 2.65 bits per heavy atom. The van der Waals surface area contributed by atoms with E-state index in [1.807, 2.05) is 0 Å². The molecule has 2 atom stereocenters. The van der Waals surface area contributed by atoms with Gasteiger partial charge >= 0.3 is 5.97 Å². The van der Waals surface area contributed by atoms with Crippen LogP contribution in [0.3, 0.4) is 0 Å². The quantitative estimate of drug-likeness (QED) is 0.775. The first-order valence-corrected chi connectivity index (χ1v) is 7.50. The molecule has 0 N–H and O–H groups in total. The van der Waals surface area contributed by atoms with Gasteiger partial charge in [-0.15, -0.1) is 0 Å². The first-order chi connectivity index (χ1) is 9.32. The summed E-state index contributed by atoms with van der Waals surface area (Å²) in [6.45, 7) is 8.95. The lowest BCUT2D eigenvalue weighted by Crippen LogP contribution is -2.13. The van der Waals surface area contributed by atoms with E-state index < -0.39 is 0 Å². The summed E-state index contributed by atoms with van der Waals surface area (Å²) in [6.07, 6.45) is 3.15. The Labute approximate surface area is 122 Å². The minimum Gasteiger partial charge on any atom is -0.469 e. The summed E-state index contributed by atoms with van der Waals surface area (Å²) in [7, 11) is 1.48. The van der Waals surface area contributed by atoms with E-state index in [4.69, 9.17) is 4.74 Å². The highest BCUT2D eigenvalue weighted by molar-refractivity contribution is 5.75. The summed E-state index contributed by atoms with van der Waals surface area (Å²) in [5.74, 6) is 0.656. The molecule has 1 aliphatic carbocycles. The van der Waals surface area contributed by atoms with E-state index in [0.717, 1.165) is 19.3 Å². The van der Waals surface area contributed by atoms with E-state index in [0.29, 0.717) is 5.92 Å². The maximum absolute atomic E-state index is 11.4. The molecule has 0 saturated heterocycles. The summed E-state index contributed by atoms with van der Waals surface area (Å²) in [5.41, 5.74) is 4.36. The molecule has 2 heteroatoms. The molecule has 110 valence electrons. The summed E-state index contributed by atoms with van der Waals surface area (Å²) >= 11 is 0. The smallest absolute Gasteiger partial charge is 0.308 e. The highest BCUT2D eigenvalue weighted by atomic mass is 16.5. The third-order valence-electron chi connectivity index (χ3n) is 4.34. The molecule has 2 rings (SSSR count). The van der Waals surface area contributed by atoms with E-state index >= 15 is 0 Å². The van der Waals surface area contributed by atoms with Crippen molar-refractivity contribution in [2.24, 2.45) is 11.8 Å². The van der Waals surface area contributed by atoms with Crippen molar-refractivity contribution < 1.29 is 9.53 Å². The monoisotopic (exact) mass is 274 g/mol. The van der Waals surface area contributed by atoms with Crippen LogP contribution in [-0.2, 0) is 21.4 Å². The van der Waals surface area contributed by atoms with Crippen molar-refractivity contribution >= 4 is 5.97 Å². The molecule has 0 amide bonds. The van der Waals surface area contributed by atoms with Crippen LogP contribution in [-0.4, -0.2) is 13.1 Å². The highest BCUT2D eigenvalue weighted by Crippen LogP contribution is 2.42. The molecule has 1 fully saturated rings. The zero-order chi connectivity index (χ0) is 14.9. The molecule has 0 aliphatic heterocycles. The van der Waals surface area contributed by atoms with Crippen molar-refractivity contribution in [3.05, 3.63) is 34.9 Å². The number of ether oxygens (including phenoxy) is 1. The second-order valence-electron chi connectivity index (χ2n) is 7.06. The molecule has 2 nitrogen and oxygen atoms in total. The van der Waals surface area contributed by atoms with Gasteiger partial charge in [-0.25, -0.2) is 0 Å². The van der Waals surface area contributed by atoms with Gasteiger partial charge in [-0.1, -0.05) is 39.0 Å². The first-order valence-electron chi connectivity index (χ1n) is 7.50. The Kier molecular flexibility index (Phi) is 4.22. The Bertz CT molecular complexity index is 497. The fourth-order valence-electron chi connectivity index (χ4n) is 2.99. The van der Waals surface area contributed by atoms with Crippen molar-refractivity contribution in [3.8, 4) is 0 Å². The standard InChI is InChI=1S/C18H26O2/c1-12-6-7-13(10-16(12)18(2,3)4)8-9-14-11-15(14)17(19)20-5/h6-7,10,14-15H,8-9,11H2,1-5H3. The predicted octanol–water partition coefficient (Wildman–Crippen LogP) is 4.03. The van der Waals surface area contributed by atoms with Gasteiger partial charge in [0.05, 0.1) is 13.0 Å². The minimum absolute atomic E-state index is 0.0331. The van der Waals surface area contributed by atoms with Gasteiger partial charge in [-0.2, -0.15) is 0 Å². The van der Waals surface area contributed by atoms with Crippen LogP contribution in [0.2, 0.25) is 0 Å². The molecule has 1 aromatic rings. The third-order valence-corrected chi connectivity index (χ3v) is 4.34. The molecule has 0 radical (unpaired) electrons. The molecule has 0 aromatic heterocycles. The van der Waals surface area contributed by atoms with Crippen LogP contribution in [0.25, 0.3) is 0 Å². The van der Waals surface area contributed by atoms with Crippen molar-refractivity contribution in [3.63, 3.8) is 0 Å². The molecular formula is C18H26O2. The highest BCUT2D eigenvalue weighted by Gasteiger charge is 2.43. The van der Waals surface area contributed by atoms with Gasteiger partial charge in [0.1, 0.15) is 0 Å². The number of benzene rings is 1. The topological polar surface area (TPSA) is 26.3 Å². The van der Waals surface area contributed by atoms with E-state index in [1.165, 1.54) is 23.8 Å². The molecule has 0 bridgehead atoms. The van der Waals surface area contributed by atoms with Crippen LogP contribution in [0.5, 0.6) is 0 Å². The lowest BCUT2D eigenvalue weighted by molar-refractivity contribution is -0.142. The van der Waals surface area contributed by atoms with E-state index in [9.17, 15) is 4.79 Å². The van der Waals surface area contributed by atoms with Crippen molar-refractivity contribution in [2.75, 3.05) is 7.11 Å². The van der Waals surface area contributed by atoms with Crippen LogP contribution in [0.15, 0.2) is 18.2 Å². The first kappa shape index (κ1) is 15.1. The lowest BCUT2D eigenvalue weighted by Gasteiger charge is -2.22. The molecule has 1 saturated carbocycles. The average Bonchev–Trinajstić information content (AvgIpc) is 3.15. The summed E-state index contributed by atoms with van der Waals surface area (Å²) < 4.78 is 4.80. The number of carbonyl (C=O) groups is 1.